The van der Waals surface area contributed by atoms with Crippen LogP contribution in [-0.2, 0) is 12.1 Å². The number of hydrogen-bond donors (Lipinski definition) is 1. The molecule has 0 spiro atoms. The van der Waals surface area contributed by atoms with E-state index in [-0.39, 0.29) is 5.92 Å². The van der Waals surface area contributed by atoms with Crippen LogP contribution >= 0.6 is 0 Å². The zero-order chi connectivity index (χ0) is 14.6. The number of aryl methyl sites for hydroxylation is 1. The van der Waals surface area contributed by atoms with Crippen LogP contribution in [0, 0.1) is 12.8 Å². The van der Waals surface area contributed by atoms with Gasteiger partial charge in [0.2, 0.25) is 0 Å². The summed E-state index contributed by atoms with van der Waals surface area (Å²) in [5.74, 6) is 0.152. The van der Waals surface area contributed by atoms with Gasteiger partial charge in [-0.3, -0.25) is 0 Å². The molecule has 0 aliphatic rings. The predicted octanol–water partition coefficient (Wildman–Crippen LogP) is 2.91. The highest BCUT2D eigenvalue weighted by Gasteiger charge is 2.35. The van der Waals surface area contributed by atoms with Gasteiger partial charge < -0.3 is 5.11 Å². The molecular weight excluding hydrogens is 250 g/mol. The van der Waals surface area contributed by atoms with Gasteiger partial charge in [0, 0.05) is 0 Å². The molecular formula is C16H23N3O. The van der Waals surface area contributed by atoms with Gasteiger partial charge in [-0.15, -0.1) is 0 Å². The van der Waals surface area contributed by atoms with Crippen molar-refractivity contribution >= 4 is 0 Å². The molecule has 2 rings (SSSR count). The van der Waals surface area contributed by atoms with E-state index in [0.29, 0.717) is 6.54 Å². The summed E-state index contributed by atoms with van der Waals surface area (Å²) < 4.78 is 1.70. The molecule has 1 aromatic heterocycles. The Morgan fingerprint density at radius 2 is 2.00 bits per heavy atom. The molecule has 108 valence electrons. The summed E-state index contributed by atoms with van der Waals surface area (Å²) in [6.07, 6.45) is 5.17. The second kappa shape index (κ2) is 6.18. The van der Waals surface area contributed by atoms with E-state index in [9.17, 15) is 5.11 Å². The van der Waals surface area contributed by atoms with E-state index in [1.165, 1.54) is 11.9 Å². The van der Waals surface area contributed by atoms with Crippen molar-refractivity contribution in [2.24, 2.45) is 5.92 Å². The van der Waals surface area contributed by atoms with Gasteiger partial charge in [0.25, 0.3) is 0 Å². The monoisotopic (exact) mass is 273 g/mol. The smallest absolute Gasteiger partial charge is 0.137 e. The van der Waals surface area contributed by atoms with Crippen molar-refractivity contribution in [1.29, 1.82) is 0 Å². The van der Waals surface area contributed by atoms with E-state index in [2.05, 4.69) is 30.9 Å². The lowest BCUT2D eigenvalue weighted by atomic mass is 9.79. The van der Waals surface area contributed by atoms with Crippen LogP contribution < -0.4 is 0 Å². The molecule has 0 aliphatic heterocycles. The van der Waals surface area contributed by atoms with Crippen LogP contribution in [0.15, 0.2) is 36.9 Å². The summed E-state index contributed by atoms with van der Waals surface area (Å²) in [4.78, 5) is 3.96. The van der Waals surface area contributed by atoms with Gasteiger partial charge in [0.05, 0.1) is 6.54 Å². The Balaban J connectivity index is 2.34. The molecule has 0 aliphatic carbocycles. The third kappa shape index (κ3) is 3.07. The van der Waals surface area contributed by atoms with Crippen molar-refractivity contribution in [3.8, 4) is 0 Å². The molecule has 4 heteroatoms. The molecule has 20 heavy (non-hydrogen) atoms. The average molecular weight is 273 g/mol. The maximum Gasteiger partial charge on any atom is 0.137 e. The summed E-state index contributed by atoms with van der Waals surface area (Å²) >= 11 is 0. The highest BCUT2D eigenvalue weighted by atomic mass is 16.3. The number of hydrogen-bond acceptors (Lipinski definition) is 3. The molecule has 0 bridgehead atoms. The number of rotatable bonds is 6. The minimum atomic E-state index is -0.919. The number of aromatic nitrogens is 3. The Hall–Kier alpha value is -1.68. The Morgan fingerprint density at radius 3 is 2.55 bits per heavy atom. The Kier molecular flexibility index (Phi) is 4.55. The molecule has 1 N–H and O–H groups in total. The first-order chi connectivity index (χ1) is 9.56. The summed E-state index contributed by atoms with van der Waals surface area (Å²) in [5, 5.41) is 15.4. The summed E-state index contributed by atoms with van der Waals surface area (Å²) in [7, 11) is 0. The van der Waals surface area contributed by atoms with Gasteiger partial charge in [-0.1, -0.05) is 50.1 Å². The minimum Gasteiger partial charge on any atom is -0.383 e. The third-order valence-electron chi connectivity index (χ3n) is 3.96. The van der Waals surface area contributed by atoms with Gasteiger partial charge in [-0.25, -0.2) is 9.67 Å². The fourth-order valence-electron chi connectivity index (χ4n) is 2.61. The minimum absolute atomic E-state index is 0.152. The Bertz CT molecular complexity index is 521. The number of nitrogens with zero attached hydrogens (tertiary/aromatic N) is 3. The van der Waals surface area contributed by atoms with Crippen molar-refractivity contribution in [3.63, 3.8) is 0 Å². The molecule has 1 aromatic carbocycles. The molecule has 2 unspecified atom stereocenters. The van der Waals surface area contributed by atoms with Crippen molar-refractivity contribution in [2.75, 3.05) is 0 Å². The SMILES string of the molecule is CCCC(C)C(O)(Cn1cncn1)c1ccc(C)cc1. The lowest BCUT2D eigenvalue weighted by molar-refractivity contribution is -0.0393. The lowest BCUT2D eigenvalue weighted by Gasteiger charge is -2.34. The summed E-state index contributed by atoms with van der Waals surface area (Å²) in [5.41, 5.74) is 1.22. The predicted molar refractivity (Wildman–Crippen MR) is 79.2 cm³/mol. The third-order valence-corrected chi connectivity index (χ3v) is 3.96. The summed E-state index contributed by atoms with van der Waals surface area (Å²) in [6, 6.07) is 8.11. The van der Waals surface area contributed by atoms with Gasteiger partial charge in [-0.2, -0.15) is 5.10 Å². The van der Waals surface area contributed by atoms with Crippen LogP contribution in [0.2, 0.25) is 0 Å². The zero-order valence-corrected chi connectivity index (χ0v) is 12.5. The van der Waals surface area contributed by atoms with Gasteiger partial charge >= 0.3 is 0 Å². The summed E-state index contributed by atoms with van der Waals surface area (Å²) in [6.45, 7) is 6.72. The molecule has 4 nitrogen and oxygen atoms in total. The van der Waals surface area contributed by atoms with Crippen LogP contribution in [-0.4, -0.2) is 19.9 Å². The van der Waals surface area contributed by atoms with Crippen molar-refractivity contribution in [3.05, 3.63) is 48.0 Å². The van der Waals surface area contributed by atoms with Crippen LogP contribution in [0.3, 0.4) is 0 Å². The molecule has 1 heterocycles. The first kappa shape index (κ1) is 14.7. The van der Waals surface area contributed by atoms with E-state index in [1.807, 2.05) is 24.3 Å². The molecule has 0 radical (unpaired) electrons. The fraction of sp³-hybridized carbons (Fsp3) is 0.500. The van der Waals surface area contributed by atoms with E-state index in [1.54, 1.807) is 11.0 Å². The maximum absolute atomic E-state index is 11.3. The number of aliphatic hydroxyl groups is 1. The first-order valence-corrected chi connectivity index (χ1v) is 7.18. The zero-order valence-electron chi connectivity index (χ0n) is 12.5. The molecule has 0 saturated carbocycles. The maximum atomic E-state index is 11.3. The lowest BCUT2D eigenvalue weighted by Crippen LogP contribution is -2.38. The molecule has 0 fully saturated rings. The normalized spacial score (nSPS) is 15.8. The second-order valence-electron chi connectivity index (χ2n) is 5.57. The topological polar surface area (TPSA) is 50.9 Å². The van der Waals surface area contributed by atoms with Gasteiger partial charge in [0.15, 0.2) is 0 Å². The largest absolute Gasteiger partial charge is 0.383 e. The van der Waals surface area contributed by atoms with Crippen LogP contribution in [0.4, 0.5) is 0 Å². The van der Waals surface area contributed by atoms with Crippen molar-refractivity contribution in [2.45, 2.75) is 45.8 Å². The van der Waals surface area contributed by atoms with Crippen LogP contribution in [0.5, 0.6) is 0 Å². The van der Waals surface area contributed by atoms with E-state index < -0.39 is 5.60 Å². The van der Waals surface area contributed by atoms with Gasteiger partial charge in [-0.05, 0) is 24.8 Å². The average Bonchev–Trinajstić information content (AvgIpc) is 2.92. The molecule has 0 saturated heterocycles. The van der Waals surface area contributed by atoms with Crippen molar-refractivity contribution < 1.29 is 5.11 Å². The van der Waals surface area contributed by atoms with E-state index in [0.717, 1.165) is 18.4 Å². The quantitative estimate of drug-likeness (QED) is 0.880. The van der Waals surface area contributed by atoms with Crippen LogP contribution in [0.25, 0.3) is 0 Å². The number of benzene rings is 1. The first-order valence-electron chi connectivity index (χ1n) is 7.18. The van der Waals surface area contributed by atoms with E-state index in [4.69, 9.17) is 0 Å². The Labute approximate surface area is 120 Å². The highest BCUT2D eigenvalue weighted by Crippen LogP contribution is 2.34. The highest BCUT2D eigenvalue weighted by molar-refractivity contribution is 5.27. The van der Waals surface area contributed by atoms with Crippen molar-refractivity contribution in [1.82, 2.24) is 14.8 Å². The van der Waals surface area contributed by atoms with Crippen LogP contribution in [0.1, 0.15) is 37.8 Å². The second-order valence-corrected chi connectivity index (χ2v) is 5.57. The molecule has 2 aromatic rings. The molecule has 2 atom stereocenters. The van der Waals surface area contributed by atoms with Gasteiger partial charge in [0.1, 0.15) is 18.3 Å². The Morgan fingerprint density at radius 1 is 1.30 bits per heavy atom. The van der Waals surface area contributed by atoms with E-state index >= 15 is 0 Å². The molecule has 0 amide bonds. The fourth-order valence-corrected chi connectivity index (χ4v) is 2.61. The standard InChI is InChI=1S/C16H23N3O/c1-4-5-14(3)16(20,10-19-12-17-11-18-19)15-8-6-13(2)7-9-15/h6-9,11-12,14,20H,4-5,10H2,1-3H3.